The van der Waals surface area contributed by atoms with Crippen molar-refractivity contribution in [2.75, 3.05) is 13.2 Å². The van der Waals surface area contributed by atoms with Crippen molar-refractivity contribution in [3.63, 3.8) is 0 Å². The topological polar surface area (TPSA) is 27.7 Å². The van der Waals surface area contributed by atoms with E-state index in [4.69, 9.17) is 9.47 Å². The molecule has 1 aliphatic heterocycles. The summed E-state index contributed by atoms with van der Waals surface area (Å²) in [6.07, 6.45) is -3.50. The summed E-state index contributed by atoms with van der Waals surface area (Å²) in [5.41, 5.74) is 2.85. The van der Waals surface area contributed by atoms with Crippen LogP contribution in [-0.4, -0.2) is 19.3 Å². The van der Waals surface area contributed by atoms with Crippen LogP contribution in [0.3, 0.4) is 0 Å². The second-order valence-corrected chi connectivity index (χ2v) is 10.4. The number of alkyl halides is 2. The fraction of sp³-hybridized carbons (Fsp3) is 0.400. The summed E-state index contributed by atoms with van der Waals surface area (Å²) < 4.78 is 100. The molecule has 9 heteroatoms. The van der Waals surface area contributed by atoms with Crippen LogP contribution in [0.5, 0.6) is 5.75 Å². The summed E-state index contributed by atoms with van der Waals surface area (Å²) in [6.45, 7) is 3.30. The minimum atomic E-state index is -3.72. The third-order valence-corrected chi connectivity index (χ3v) is 7.43. The van der Waals surface area contributed by atoms with E-state index in [2.05, 4.69) is 11.7 Å². The van der Waals surface area contributed by atoms with Crippen molar-refractivity contribution in [3.8, 4) is 16.9 Å². The van der Waals surface area contributed by atoms with Crippen molar-refractivity contribution in [2.24, 2.45) is 11.8 Å². The highest BCUT2D eigenvalue weighted by atomic mass is 19.3. The molecule has 3 aromatic carbocycles. The summed E-state index contributed by atoms with van der Waals surface area (Å²) >= 11 is 0. The summed E-state index contributed by atoms with van der Waals surface area (Å²) in [5.74, 6) is -7.31. The first-order valence-electron chi connectivity index (χ1n) is 12.9. The lowest BCUT2D eigenvalue weighted by Crippen LogP contribution is -2.37. The Morgan fingerprint density at radius 2 is 1.33 bits per heavy atom. The molecule has 2 aliphatic rings. The van der Waals surface area contributed by atoms with Crippen LogP contribution in [0.1, 0.15) is 55.9 Å². The van der Waals surface area contributed by atoms with Gasteiger partial charge in [-0.2, -0.15) is 8.78 Å². The molecule has 0 aromatic heterocycles. The molecule has 1 saturated heterocycles. The molecule has 0 radical (unpaired) electrons. The Kier molecular flexibility index (Phi) is 7.91. The Bertz CT molecular complexity index is 1270. The maximum absolute atomic E-state index is 15.1. The largest absolute Gasteiger partial charge is 0.432 e. The summed E-state index contributed by atoms with van der Waals surface area (Å²) in [4.78, 5) is 0. The summed E-state index contributed by atoms with van der Waals surface area (Å²) in [7, 11) is 0. The van der Waals surface area contributed by atoms with Gasteiger partial charge in [0, 0.05) is 23.6 Å². The van der Waals surface area contributed by atoms with E-state index in [1.165, 1.54) is 6.07 Å². The lowest BCUT2D eigenvalue weighted by Gasteiger charge is -2.33. The molecule has 0 unspecified atom stereocenters. The maximum atomic E-state index is 15.1. The highest BCUT2D eigenvalue weighted by Crippen LogP contribution is 2.44. The highest BCUT2D eigenvalue weighted by Gasteiger charge is 2.44. The van der Waals surface area contributed by atoms with E-state index in [0.29, 0.717) is 55.2 Å². The zero-order chi connectivity index (χ0) is 27.7. The third-order valence-electron chi connectivity index (χ3n) is 7.43. The number of hydrogen-bond acceptors (Lipinski definition) is 3. The van der Waals surface area contributed by atoms with Crippen molar-refractivity contribution in [1.82, 2.24) is 0 Å². The monoisotopic (exact) mass is 550 g/mol. The van der Waals surface area contributed by atoms with Crippen LogP contribution in [0.25, 0.3) is 11.1 Å². The molecular weight excluding hydrogens is 522 g/mol. The predicted octanol–water partition coefficient (Wildman–Crippen LogP) is 8.54. The van der Waals surface area contributed by atoms with E-state index in [-0.39, 0.29) is 18.8 Å². The fourth-order valence-corrected chi connectivity index (χ4v) is 5.23. The Morgan fingerprint density at radius 3 is 1.92 bits per heavy atom. The first kappa shape index (κ1) is 27.5. The maximum Gasteiger partial charge on any atom is 0.400 e. The third kappa shape index (κ3) is 6.09. The average molecular weight is 551 g/mol. The Labute approximate surface area is 222 Å². The Balaban J connectivity index is 1.21. The average Bonchev–Trinajstić information content (AvgIpc) is 2.92. The van der Waals surface area contributed by atoms with E-state index >= 15 is 4.39 Å². The standard InChI is InChI=1S/C30H28F6O3/c1-17-15-37-29(38-16-17)20-4-2-18(3-5-20)21-8-11-24(25(31)12-21)19-6-9-22(10-7-19)30(35,36)39-23-13-26(32)28(34)27(33)14-23/h2-5,8,11-14,17,19,22,29H,6-7,9-10,15-16H2,1H3. The molecule has 0 bridgehead atoms. The van der Waals surface area contributed by atoms with Gasteiger partial charge in [0.05, 0.1) is 19.1 Å². The van der Waals surface area contributed by atoms with E-state index in [1.54, 1.807) is 6.07 Å². The number of hydrogen-bond donors (Lipinski definition) is 0. The fourth-order valence-electron chi connectivity index (χ4n) is 5.23. The van der Waals surface area contributed by atoms with Crippen LogP contribution < -0.4 is 4.74 Å². The number of benzene rings is 3. The minimum Gasteiger partial charge on any atom is -0.432 e. The molecule has 2 fully saturated rings. The van der Waals surface area contributed by atoms with Crippen LogP contribution in [0, 0.1) is 35.1 Å². The zero-order valence-electron chi connectivity index (χ0n) is 21.2. The summed E-state index contributed by atoms with van der Waals surface area (Å²) in [5, 5.41) is 0. The van der Waals surface area contributed by atoms with Crippen LogP contribution in [0.4, 0.5) is 26.3 Å². The normalized spacial score (nSPS) is 24.0. The molecule has 1 heterocycles. The highest BCUT2D eigenvalue weighted by molar-refractivity contribution is 5.64. The van der Waals surface area contributed by atoms with Crippen molar-refractivity contribution >= 4 is 0 Å². The lowest BCUT2D eigenvalue weighted by atomic mass is 9.77. The molecule has 0 atom stereocenters. The Hall–Kier alpha value is -3.04. The molecular formula is C30H28F6O3. The zero-order valence-corrected chi connectivity index (χ0v) is 21.2. The van der Waals surface area contributed by atoms with Crippen molar-refractivity contribution in [2.45, 2.75) is 50.9 Å². The van der Waals surface area contributed by atoms with Crippen LogP contribution >= 0.6 is 0 Å². The molecule has 0 spiro atoms. The van der Waals surface area contributed by atoms with Gasteiger partial charge in [-0.05, 0) is 54.4 Å². The van der Waals surface area contributed by atoms with Gasteiger partial charge in [0.1, 0.15) is 11.6 Å². The van der Waals surface area contributed by atoms with E-state index in [0.717, 1.165) is 11.1 Å². The van der Waals surface area contributed by atoms with Crippen LogP contribution in [-0.2, 0) is 9.47 Å². The second kappa shape index (κ2) is 11.2. The van der Waals surface area contributed by atoms with Gasteiger partial charge >= 0.3 is 6.11 Å². The second-order valence-electron chi connectivity index (χ2n) is 10.4. The van der Waals surface area contributed by atoms with Crippen molar-refractivity contribution < 1.29 is 40.6 Å². The van der Waals surface area contributed by atoms with Crippen LogP contribution in [0.15, 0.2) is 54.6 Å². The molecule has 39 heavy (non-hydrogen) atoms. The molecule has 1 aliphatic carbocycles. The molecule has 5 rings (SSSR count). The van der Waals surface area contributed by atoms with Gasteiger partial charge in [-0.1, -0.05) is 43.3 Å². The SMILES string of the molecule is CC1COC(c2ccc(-c3ccc(C4CCC(C(F)(F)Oc5cc(F)c(F)c(F)c5)CC4)c(F)c3)cc2)OC1. The number of halogens is 6. The lowest BCUT2D eigenvalue weighted by molar-refractivity contribution is -0.222. The van der Waals surface area contributed by atoms with Gasteiger partial charge in [-0.25, -0.2) is 17.6 Å². The van der Waals surface area contributed by atoms with Crippen molar-refractivity contribution in [3.05, 3.63) is 89.0 Å². The van der Waals surface area contributed by atoms with E-state index < -0.39 is 47.3 Å². The van der Waals surface area contributed by atoms with Gasteiger partial charge < -0.3 is 14.2 Å². The minimum absolute atomic E-state index is 0.0244. The number of rotatable bonds is 6. The Morgan fingerprint density at radius 1 is 0.744 bits per heavy atom. The first-order chi connectivity index (χ1) is 18.6. The molecule has 208 valence electrons. The van der Waals surface area contributed by atoms with Gasteiger partial charge in [-0.15, -0.1) is 0 Å². The first-order valence-corrected chi connectivity index (χ1v) is 12.9. The van der Waals surface area contributed by atoms with Gasteiger partial charge in [0.15, 0.2) is 23.7 Å². The van der Waals surface area contributed by atoms with Gasteiger partial charge in [-0.3, -0.25) is 0 Å². The molecule has 0 N–H and O–H groups in total. The molecule has 3 aromatic rings. The van der Waals surface area contributed by atoms with Crippen molar-refractivity contribution in [1.29, 1.82) is 0 Å². The molecule has 3 nitrogen and oxygen atoms in total. The predicted molar refractivity (Wildman–Crippen MR) is 132 cm³/mol. The van der Waals surface area contributed by atoms with E-state index in [9.17, 15) is 22.0 Å². The molecule has 1 saturated carbocycles. The number of ether oxygens (including phenoxy) is 3. The van der Waals surface area contributed by atoms with E-state index in [1.807, 2.05) is 30.3 Å². The van der Waals surface area contributed by atoms with Gasteiger partial charge in [0.2, 0.25) is 0 Å². The molecule has 0 amide bonds. The van der Waals surface area contributed by atoms with Crippen LogP contribution in [0.2, 0.25) is 0 Å². The van der Waals surface area contributed by atoms with Gasteiger partial charge in [0.25, 0.3) is 0 Å². The summed E-state index contributed by atoms with van der Waals surface area (Å²) in [6, 6.07) is 13.3. The smallest absolute Gasteiger partial charge is 0.400 e. The quantitative estimate of drug-likeness (QED) is 0.227.